The number of piperidine rings is 1. The van der Waals surface area contributed by atoms with Crippen LogP contribution in [0.25, 0.3) is 0 Å². The van der Waals surface area contributed by atoms with E-state index in [9.17, 15) is 4.79 Å². The van der Waals surface area contributed by atoms with E-state index in [0.29, 0.717) is 24.4 Å². The Morgan fingerprint density at radius 1 is 1.43 bits per heavy atom. The summed E-state index contributed by atoms with van der Waals surface area (Å²) in [6.07, 6.45) is 2.35. The number of carboxylic acid groups (broad SMARTS) is 1. The maximum atomic E-state index is 10.7. The fourth-order valence-corrected chi connectivity index (χ4v) is 2.60. The topological polar surface area (TPSA) is 61.8 Å². The zero-order chi connectivity index (χ0) is 15.2. The zero-order valence-corrected chi connectivity index (χ0v) is 12.7. The summed E-state index contributed by atoms with van der Waals surface area (Å²) in [4.78, 5) is 13.1. The largest absolute Gasteiger partial charge is 0.492 e. The number of rotatable bonds is 6. The van der Waals surface area contributed by atoms with E-state index in [1.54, 1.807) is 24.3 Å². The van der Waals surface area contributed by atoms with E-state index in [4.69, 9.17) is 9.84 Å². The number of carboxylic acids is 1. The van der Waals surface area contributed by atoms with Crippen molar-refractivity contribution in [2.24, 2.45) is 0 Å². The van der Waals surface area contributed by atoms with E-state index < -0.39 is 5.97 Å². The monoisotopic (exact) mass is 292 g/mol. The number of nitrogens with one attached hydrogen (secondary N) is 1. The first kappa shape index (κ1) is 15.8. The lowest BCUT2D eigenvalue weighted by atomic mass is 9.99. The van der Waals surface area contributed by atoms with Crippen molar-refractivity contribution in [3.8, 4) is 5.75 Å². The molecule has 116 valence electrons. The third-order valence-electron chi connectivity index (χ3n) is 4.11. The van der Waals surface area contributed by atoms with Crippen LogP contribution in [0, 0.1) is 0 Å². The van der Waals surface area contributed by atoms with Crippen molar-refractivity contribution in [3.05, 3.63) is 29.8 Å². The van der Waals surface area contributed by atoms with Gasteiger partial charge < -0.3 is 20.1 Å². The molecule has 2 N–H and O–H groups in total. The summed E-state index contributed by atoms with van der Waals surface area (Å²) in [6, 6.07) is 7.70. The average molecular weight is 292 g/mol. The van der Waals surface area contributed by atoms with Crippen LogP contribution >= 0.6 is 0 Å². The van der Waals surface area contributed by atoms with Gasteiger partial charge >= 0.3 is 5.97 Å². The van der Waals surface area contributed by atoms with Gasteiger partial charge in [0.1, 0.15) is 12.4 Å². The van der Waals surface area contributed by atoms with Crippen molar-refractivity contribution in [1.29, 1.82) is 0 Å². The molecular weight excluding hydrogens is 268 g/mol. The van der Waals surface area contributed by atoms with Gasteiger partial charge in [-0.05, 0) is 57.6 Å². The number of likely N-dealkylation sites (tertiary alicyclic amines) is 1. The molecule has 5 nitrogen and oxygen atoms in total. The minimum Gasteiger partial charge on any atom is -0.492 e. The zero-order valence-electron chi connectivity index (χ0n) is 12.7. The number of ether oxygens (including phenoxy) is 1. The molecular formula is C16H24N2O3. The Balaban J connectivity index is 1.66. The average Bonchev–Trinajstić information content (AvgIpc) is 2.47. The molecule has 21 heavy (non-hydrogen) atoms. The highest BCUT2D eigenvalue weighted by Crippen LogP contribution is 2.15. The Morgan fingerprint density at radius 2 is 2.14 bits per heavy atom. The molecule has 0 radical (unpaired) electrons. The summed E-state index contributed by atoms with van der Waals surface area (Å²) in [7, 11) is 2.17. The molecule has 0 amide bonds. The van der Waals surface area contributed by atoms with Crippen molar-refractivity contribution in [2.45, 2.75) is 31.8 Å². The molecule has 0 spiro atoms. The summed E-state index contributed by atoms with van der Waals surface area (Å²) < 4.78 is 5.61. The van der Waals surface area contributed by atoms with E-state index in [1.807, 2.05) is 0 Å². The fourth-order valence-electron chi connectivity index (χ4n) is 2.60. The normalized spacial score (nSPS) is 23.0. The van der Waals surface area contributed by atoms with E-state index in [2.05, 4.69) is 24.2 Å². The molecule has 1 fully saturated rings. The van der Waals surface area contributed by atoms with Crippen LogP contribution in [-0.4, -0.2) is 54.8 Å². The SMILES string of the molecule is CC1CC(NCCOc2ccc(C(=O)O)cc2)CCN1C. The molecule has 1 aliphatic heterocycles. The molecule has 1 saturated heterocycles. The molecule has 0 saturated carbocycles. The molecule has 2 unspecified atom stereocenters. The highest BCUT2D eigenvalue weighted by molar-refractivity contribution is 5.87. The van der Waals surface area contributed by atoms with Gasteiger partial charge in [0.05, 0.1) is 5.56 Å². The van der Waals surface area contributed by atoms with Gasteiger partial charge in [-0.2, -0.15) is 0 Å². The summed E-state index contributed by atoms with van der Waals surface area (Å²) in [5.74, 6) is -0.210. The van der Waals surface area contributed by atoms with Gasteiger partial charge in [0.15, 0.2) is 0 Å². The van der Waals surface area contributed by atoms with Crippen molar-refractivity contribution < 1.29 is 14.6 Å². The van der Waals surface area contributed by atoms with Gasteiger partial charge in [0.25, 0.3) is 0 Å². The Kier molecular flexibility index (Phi) is 5.59. The lowest BCUT2D eigenvalue weighted by molar-refractivity contribution is 0.0697. The number of hydrogen-bond donors (Lipinski definition) is 2. The Labute approximate surface area is 125 Å². The maximum Gasteiger partial charge on any atom is 0.335 e. The number of benzene rings is 1. The van der Waals surface area contributed by atoms with Crippen molar-refractivity contribution in [2.75, 3.05) is 26.7 Å². The smallest absolute Gasteiger partial charge is 0.335 e. The van der Waals surface area contributed by atoms with E-state index in [-0.39, 0.29) is 5.56 Å². The maximum absolute atomic E-state index is 10.7. The highest BCUT2D eigenvalue weighted by Gasteiger charge is 2.21. The lowest BCUT2D eigenvalue weighted by Crippen LogP contribution is -2.46. The number of hydrogen-bond acceptors (Lipinski definition) is 4. The second kappa shape index (κ2) is 7.43. The van der Waals surface area contributed by atoms with Gasteiger partial charge in [-0.1, -0.05) is 0 Å². The summed E-state index contributed by atoms with van der Waals surface area (Å²) >= 11 is 0. The van der Waals surface area contributed by atoms with Crippen LogP contribution in [0.3, 0.4) is 0 Å². The van der Waals surface area contributed by atoms with Gasteiger partial charge in [-0.3, -0.25) is 0 Å². The Morgan fingerprint density at radius 3 is 2.76 bits per heavy atom. The van der Waals surface area contributed by atoms with Crippen LogP contribution in [0.15, 0.2) is 24.3 Å². The predicted octanol–water partition coefficient (Wildman–Crippen LogP) is 1.84. The molecule has 0 aliphatic carbocycles. The minimum atomic E-state index is -0.917. The molecule has 0 aromatic heterocycles. The Hall–Kier alpha value is -1.59. The Bertz CT molecular complexity index is 461. The lowest BCUT2D eigenvalue weighted by Gasteiger charge is -2.35. The summed E-state index contributed by atoms with van der Waals surface area (Å²) in [5, 5.41) is 12.3. The summed E-state index contributed by atoms with van der Waals surface area (Å²) in [5.41, 5.74) is 0.279. The third kappa shape index (κ3) is 4.72. The van der Waals surface area contributed by atoms with Crippen LogP contribution in [0.1, 0.15) is 30.1 Å². The highest BCUT2D eigenvalue weighted by atomic mass is 16.5. The van der Waals surface area contributed by atoms with Crippen LogP contribution in [0.2, 0.25) is 0 Å². The van der Waals surface area contributed by atoms with Gasteiger partial charge in [0.2, 0.25) is 0 Å². The fraction of sp³-hybridized carbons (Fsp3) is 0.562. The minimum absolute atomic E-state index is 0.279. The number of nitrogens with zero attached hydrogens (tertiary/aromatic N) is 1. The van der Waals surface area contributed by atoms with Crippen LogP contribution in [0.4, 0.5) is 0 Å². The molecule has 1 aliphatic rings. The van der Waals surface area contributed by atoms with Crippen molar-refractivity contribution in [3.63, 3.8) is 0 Å². The molecule has 2 atom stereocenters. The predicted molar refractivity (Wildman–Crippen MR) is 82.0 cm³/mol. The standard InChI is InChI=1S/C16H24N2O3/c1-12-11-14(7-9-18(12)2)17-8-10-21-15-5-3-13(4-6-15)16(19)20/h3-6,12,14,17H,7-11H2,1-2H3,(H,19,20). The first-order chi connectivity index (χ1) is 10.1. The van der Waals surface area contributed by atoms with E-state index >= 15 is 0 Å². The first-order valence-electron chi connectivity index (χ1n) is 7.46. The first-order valence-corrected chi connectivity index (χ1v) is 7.46. The quantitative estimate of drug-likeness (QED) is 0.783. The molecule has 0 bridgehead atoms. The van der Waals surface area contributed by atoms with Gasteiger partial charge in [-0.25, -0.2) is 4.79 Å². The second-order valence-corrected chi connectivity index (χ2v) is 5.68. The second-order valence-electron chi connectivity index (χ2n) is 5.68. The molecule has 1 aromatic rings. The van der Waals surface area contributed by atoms with Crippen LogP contribution in [-0.2, 0) is 0 Å². The number of carbonyl (C=O) groups is 1. The van der Waals surface area contributed by atoms with Gasteiger partial charge in [0, 0.05) is 18.6 Å². The molecule has 1 aromatic carbocycles. The van der Waals surface area contributed by atoms with E-state index in [0.717, 1.165) is 13.1 Å². The number of aromatic carboxylic acids is 1. The third-order valence-corrected chi connectivity index (χ3v) is 4.11. The van der Waals surface area contributed by atoms with Gasteiger partial charge in [-0.15, -0.1) is 0 Å². The van der Waals surface area contributed by atoms with E-state index in [1.165, 1.54) is 12.8 Å². The van der Waals surface area contributed by atoms with Crippen LogP contribution < -0.4 is 10.1 Å². The summed E-state index contributed by atoms with van der Waals surface area (Å²) in [6.45, 7) is 4.79. The molecule has 1 heterocycles. The van der Waals surface area contributed by atoms with Crippen LogP contribution in [0.5, 0.6) is 5.75 Å². The molecule has 2 rings (SSSR count). The van der Waals surface area contributed by atoms with Crippen molar-refractivity contribution >= 4 is 5.97 Å². The molecule has 5 heteroatoms. The van der Waals surface area contributed by atoms with Crippen molar-refractivity contribution in [1.82, 2.24) is 10.2 Å².